The van der Waals surface area contributed by atoms with Gasteiger partial charge in [-0.2, -0.15) is 0 Å². The van der Waals surface area contributed by atoms with Crippen LogP contribution >= 0.6 is 0 Å². The minimum Gasteiger partial charge on any atom is -0.497 e. The molecule has 0 saturated heterocycles. The zero-order chi connectivity index (χ0) is 17.7. The molecule has 0 unspecified atom stereocenters. The number of hydrogen-bond donors (Lipinski definition) is 0. The third kappa shape index (κ3) is 4.51. The molecule has 24 heavy (non-hydrogen) atoms. The Morgan fingerprint density at radius 1 is 0.917 bits per heavy atom. The van der Waals surface area contributed by atoms with Crippen LogP contribution in [0.15, 0.2) is 42.5 Å². The SMILES string of the molecule is COc1cc(OC)cc(C(=O)OCc2ccc(C(C)(C)C)cc2)c1. The topological polar surface area (TPSA) is 44.8 Å². The molecule has 0 heterocycles. The third-order valence-electron chi connectivity index (χ3n) is 3.78. The Kier molecular flexibility index (Phi) is 5.50. The van der Waals surface area contributed by atoms with E-state index in [1.54, 1.807) is 32.4 Å². The Morgan fingerprint density at radius 3 is 1.92 bits per heavy atom. The van der Waals surface area contributed by atoms with Crippen LogP contribution in [-0.4, -0.2) is 20.2 Å². The van der Waals surface area contributed by atoms with E-state index >= 15 is 0 Å². The van der Waals surface area contributed by atoms with Crippen molar-refractivity contribution in [1.29, 1.82) is 0 Å². The standard InChI is InChI=1S/C20H24O4/c1-20(2,3)16-8-6-14(7-9-16)13-24-19(21)15-10-17(22-4)12-18(11-15)23-5/h6-12H,13H2,1-5H3. The van der Waals surface area contributed by atoms with E-state index in [9.17, 15) is 4.79 Å². The number of rotatable bonds is 5. The lowest BCUT2D eigenvalue weighted by atomic mass is 9.87. The molecular weight excluding hydrogens is 304 g/mol. The molecule has 0 aliphatic rings. The van der Waals surface area contributed by atoms with E-state index in [0.29, 0.717) is 17.1 Å². The first-order valence-electron chi connectivity index (χ1n) is 7.83. The first kappa shape index (κ1) is 17.9. The van der Waals surface area contributed by atoms with Gasteiger partial charge in [-0.1, -0.05) is 45.0 Å². The van der Waals surface area contributed by atoms with Crippen molar-refractivity contribution < 1.29 is 19.0 Å². The molecule has 0 spiro atoms. The van der Waals surface area contributed by atoms with Crippen LogP contribution in [0.25, 0.3) is 0 Å². The van der Waals surface area contributed by atoms with Gasteiger partial charge in [0.15, 0.2) is 0 Å². The summed E-state index contributed by atoms with van der Waals surface area (Å²) in [5, 5.41) is 0. The maximum Gasteiger partial charge on any atom is 0.338 e. The van der Waals surface area contributed by atoms with Gasteiger partial charge in [-0.15, -0.1) is 0 Å². The van der Waals surface area contributed by atoms with Gasteiger partial charge in [0, 0.05) is 6.07 Å². The van der Waals surface area contributed by atoms with Crippen molar-refractivity contribution in [1.82, 2.24) is 0 Å². The zero-order valence-corrected chi connectivity index (χ0v) is 14.9. The van der Waals surface area contributed by atoms with E-state index in [4.69, 9.17) is 14.2 Å². The Labute approximate surface area is 143 Å². The summed E-state index contributed by atoms with van der Waals surface area (Å²) in [5.41, 5.74) is 2.70. The molecule has 0 fully saturated rings. The Balaban J connectivity index is 2.05. The van der Waals surface area contributed by atoms with Crippen molar-refractivity contribution in [2.75, 3.05) is 14.2 Å². The van der Waals surface area contributed by atoms with Crippen molar-refractivity contribution in [3.8, 4) is 11.5 Å². The van der Waals surface area contributed by atoms with Gasteiger partial charge in [0.1, 0.15) is 18.1 Å². The second kappa shape index (κ2) is 7.39. The molecule has 0 amide bonds. The van der Waals surface area contributed by atoms with Gasteiger partial charge in [-0.25, -0.2) is 4.79 Å². The monoisotopic (exact) mass is 328 g/mol. The molecule has 0 atom stereocenters. The third-order valence-corrected chi connectivity index (χ3v) is 3.78. The van der Waals surface area contributed by atoms with Crippen molar-refractivity contribution in [3.63, 3.8) is 0 Å². The first-order chi connectivity index (χ1) is 11.3. The molecule has 0 saturated carbocycles. The van der Waals surface area contributed by atoms with Gasteiger partial charge in [0.25, 0.3) is 0 Å². The molecule has 2 aromatic rings. The summed E-state index contributed by atoms with van der Waals surface area (Å²) in [6, 6.07) is 13.1. The number of carbonyl (C=O) groups excluding carboxylic acids is 1. The summed E-state index contributed by atoms with van der Waals surface area (Å²) >= 11 is 0. The normalized spacial score (nSPS) is 11.0. The van der Waals surface area contributed by atoms with Gasteiger partial charge in [0.05, 0.1) is 19.8 Å². The smallest absolute Gasteiger partial charge is 0.338 e. The summed E-state index contributed by atoms with van der Waals surface area (Å²) in [4.78, 5) is 12.2. The van der Waals surface area contributed by atoms with Gasteiger partial charge in [-0.05, 0) is 28.7 Å². The van der Waals surface area contributed by atoms with Gasteiger partial charge >= 0.3 is 5.97 Å². The molecule has 0 aliphatic carbocycles. The Hall–Kier alpha value is -2.49. The van der Waals surface area contributed by atoms with Crippen molar-refractivity contribution in [3.05, 3.63) is 59.2 Å². The maximum atomic E-state index is 12.2. The number of hydrogen-bond acceptors (Lipinski definition) is 4. The molecule has 2 rings (SSSR count). The lowest BCUT2D eigenvalue weighted by Crippen LogP contribution is -2.11. The molecule has 128 valence electrons. The quantitative estimate of drug-likeness (QED) is 0.765. The summed E-state index contributed by atoms with van der Waals surface area (Å²) in [6.07, 6.45) is 0. The van der Waals surface area contributed by atoms with Crippen LogP contribution in [-0.2, 0) is 16.8 Å². The summed E-state index contributed by atoms with van der Waals surface area (Å²) in [7, 11) is 3.08. The van der Waals surface area contributed by atoms with E-state index < -0.39 is 5.97 Å². The van der Waals surface area contributed by atoms with Crippen molar-refractivity contribution >= 4 is 5.97 Å². The molecule has 0 aliphatic heterocycles. The highest BCUT2D eigenvalue weighted by atomic mass is 16.5. The van der Waals surface area contributed by atoms with Crippen molar-refractivity contribution in [2.45, 2.75) is 32.8 Å². The van der Waals surface area contributed by atoms with Crippen LogP contribution in [0.3, 0.4) is 0 Å². The predicted molar refractivity (Wildman–Crippen MR) is 93.8 cm³/mol. The lowest BCUT2D eigenvalue weighted by Gasteiger charge is -2.19. The summed E-state index contributed by atoms with van der Waals surface area (Å²) in [5.74, 6) is 0.693. The van der Waals surface area contributed by atoms with E-state index in [1.807, 2.05) is 12.1 Å². The molecule has 0 aromatic heterocycles. The minimum absolute atomic E-state index is 0.104. The molecule has 4 heteroatoms. The molecular formula is C20H24O4. The average Bonchev–Trinajstić information content (AvgIpc) is 2.58. The van der Waals surface area contributed by atoms with Gasteiger partial charge in [0.2, 0.25) is 0 Å². The molecule has 4 nitrogen and oxygen atoms in total. The fraction of sp³-hybridized carbons (Fsp3) is 0.350. The highest BCUT2D eigenvalue weighted by Gasteiger charge is 2.14. The molecule has 0 radical (unpaired) electrons. The fourth-order valence-corrected chi connectivity index (χ4v) is 2.26. The summed E-state index contributed by atoms with van der Waals surface area (Å²) in [6.45, 7) is 6.72. The number of carbonyl (C=O) groups is 1. The van der Waals surface area contributed by atoms with Crippen LogP contribution in [0.1, 0.15) is 42.3 Å². The van der Waals surface area contributed by atoms with Crippen LogP contribution in [0, 0.1) is 0 Å². The van der Waals surface area contributed by atoms with Crippen molar-refractivity contribution in [2.24, 2.45) is 0 Å². The second-order valence-corrected chi connectivity index (χ2v) is 6.62. The maximum absolute atomic E-state index is 12.2. The number of benzene rings is 2. The Bertz CT molecular complexity index is 674. The highest BCUT2D eigenvalue weighted by Crippen LogP contribution is 2.24. The second-order valence-electron chi connectivity index (χ2n) is 6.62. The molecule has 0 N–H and O–H groups in total. The summed E-state index contributed by atoms with van der Waals surface area (Å²) < 4.78 is 15.7. The van der Waals surface area contributed by atoms with Gasteiger partial charge < -0.3 is 14.2 Å². The minimum atomic E-state index is -0.410. The van der Waals surface area contributed by atoms with Crippen LogP contribution < -0.4 is 9.47 Å². The first-order valence-corrected chi connectivity index (χ1v) is 7.83. The largest absolute Gasteiger partial charge is 0.497 e. The Morgan fingerprint density at radius 2 is 1.46 bits per heavy atom. The fourth-order valence-electron chi connectivity index (χ4n) is 2.26. The van der Waals surface area contributed by atoms with Crippen LogP contribution in [0.5, 0.6) is 11.5 Å². The molecule has 2 aromatic carbocycles. The van der Waals surface area contributed by atoms with E-state index in [2.05, 4.69) is 32.9 Å². The predicted octanol–water partition coefficient (Wildman–Crippen LogP) is 4.36. The van der Waals surface area contributed by atoms with E-state index in [-0.39, 0.29) is 12.0 Å². The lowest BCUT2D eigenvalue weighted by molar-refractivity contribution is 0.0472. The average molecular weight is 328 g/mol. The number of ether oxygens (including phenoxy) is 3. The van der Waals surface area contributed by atoms with Crippen LogP contribution in [0.2, 0.25) is 0 Å². The number of esters is 1. The van der Waals surface area contributed by atoms with E-state index in [0.717, 1.165) is 5.56 Å². The van der Waals surface area contributed by atoms with E-state index in [1.165, 1.54) is 5.56 Å². The van der Waals surface area contributed by atoms with Gasteiger partial charge in [-0.3, -0.25) is 0 Å². The zero-order valence-electron chi connectivity index (χ0n) is 14.9. The molecule has 0 bridgehead atoms. The number of methoxy groups -OCH3 is 2. The van der Waals surface area contributed by atoms with Crippen LogP contribution in [0.4, 0.5) is 0 Å². The highest BCUT2D eigenvalue weighted by molar-refractivity contribution is 5.90.